The number of hydrogen-bond acceptors (Lipinski definition) is 2. The van der Waals surface area contributed by atoms with Crippen LogP contribution in [-0.2, 0) is 0 Å². The molecule has 0 radical (unpaired) electrons. The molecule has 2 unspecified atom stereocenters. The van der Waals surface area contributed by atoms with Crippen LogP contribution in [0.25, 0.3) is 11.1 Å². The Morgan fingerprint density at radius 3 is 1.83 bits per heavy atom. The zero-order valence-electron chi connectivity index (χ0n) is 14.2. The molecule has 4 N–H and O–H groups in total. The highest BCUT2D eigenvalue weighted by Crippen LogP contribution is 2.40. The van der Waals surface area contributed by atoms with Crippen molar-refractivity contribution in [3.8, 4) is 11.1 Å². The molecule has 2 nitrogen and oxygen atoms in total. The van der Waals surface area contributed by atoms with Crippen molar-refractivity contribution in [1.29, 1.82) is 0 Å². The summed E-state index contributed by atoms with van der Waals surface area (Å²) in [6.45, 7) is 9.02. The summed E-state index contributed by atoms with van der Waals surface area (Å²) >= 11 is 0. The van der Waals surface area contributed by atoms with E-state index in [1.807, 2.05) is 12.1 Å². The topological polar surface area (TPSA) is 52.0 Å². The van der Waals surface area contributed by atoms with E-state index in [1.165, 1.54) is 22.3 Å². The van der Waals surface area contributed by atoms with Gasteiger partial charge in [0.25, 0.3) is 0 Å². The minimum Gasteiger partial charge on any atom is -0.399 e. The molecule has 2 rings (SSSR count). The molecule has 0 amide bonds. The van der Waals surface area contributed by atoms with Crippen molar-refractivity contribution in [2.45, 2.75) is 59.8 Å². The second kappa shape index (κ2) is 8.05. The van der Waals surface area contributed by atoms with Crippen molar-refractivity contribution < 1.29 is 0 Å². The van der Waals surface area contributed by atoms with Crippen molar-refractivity contribution in [3.63, 3.8) is 0 Å². The number of anilines is 2. The van der Waals surface area contributed by atoms with Gasteiger partial charge in [0.15, 0.2) is 0 Å². The van der Waals surface area contributed by atoms with Crippen molar-refractivity contribution >= 4 is 11.4 Å². The molecule has 0 saturated carbocycles. The van der Waals surface area contributed by atoms with E-state index >= 15 is 0 Å². The number of rotatable bonds is 5. The fourth-order valence-corrected chi connectivity index (χ4v) is 3.06. The normalized spacial score (nSPS) is 13.2. The first-order chi connectivity index (χ1) is 10.5. The maximum absolute atomic E-state index is 6.34. The third-order valence-corrected chi connectivity index (χ3v) is 4.75. The molecule has 0 aromatic heterocycles. The molecular weight excluding hydrogens is 280 g/mol. The third-order valence-electron chi connectivity index (χ3n) is 4.75. The summed E-state index contributed by atoms with van der Waals surface area (Å²) in [5, 5.41) is 0. The zero-order valence-corrected chi connectivity index (χ0v) is 14.2. The van der Waals surface area contributed by atoms with Crippen molar-refractivity contribution in [1.82, 2.24) is 0 Å². The van der Waals surface area contributed by atoms with Gasteiger partial charge in [-0.2, -0.15) is 0 Å². The summed E-state index contributed by atoms with van der Waals surface area (Å²) < 4.78 is 0. The van der Waals surface area contributed by atoms with Gasteiger partial charge in [0.05, 0.1) is 0 Å². The lowest BCUT2D eigenvalue weighted by Crippen LogP contribution is -2.08. The monoisotopic (exact) mass is 312 g/mol. The first-order valence-corrected chi connectivity index (χ1v) is 8.27. The van der Waals surface area contributed by atoms with Gasteiger partial charge in [-0.3, -0.25) is 0 Å². The minimum atomic E-state index is 0. The molecule has 0 aliphatic heterocycles. The number of hydrogen-bond donors (Lipinski definition) is 2. The first kappa shape index (κ1) is 19.1. The summed E-state index contributed by atoms with van der Waals surface area (Å²) in [7, 11) is 0. The number of nitrogens with two attached hydrogens (primary N) is 2. The molecule has 2 aromatic carbocycles. The van der Waals surface area contributed by atoms with Crippen molar-refractivity contribution in [2.24, 2.45) is 0 Å². The van der Waals surface area contributed by atoms with Crippen LogP contribution < -0.4 is 11.5 Å². The Labute approximate surface area is 141 Å². The Morgan fingerprint density at radius 2 is 1.30 bits per heavy atom. The fourth-order valence-electron chi connectivity index (χ4n) is 3.06. The highest BCUT2D eigenvalue weighted by molar-refractivity contribution is 5.75. The second-order valence-electron chi connectivity index (χ2n) is 6.27. The average molecular weight is 313 g/mol. The molecule has 0 bridgehead atoms. The molecular formula is C21H32N2. The van der Waals surface area contributed by atoms with Gasteiger partial charge in [0.1, 0.15) is 0 Å². The van der Waals surface area contributed by atoms with Gasteiger partial charge in [0.2, 0.25) is 0 Å². The Balaban J connectivity index is 0.00000264. The Bertz CT molecular complexity index is 629. The third kappa shape index (κ3) is 3.87. The van der Waals surface area contributed by atoms with E-state index in [-0.39, 0.29) is 7.43 Å². The smallest absolute Gasteiger partial charge is 0.0352 e. The molecule has 0 aliphatic carbocycles. The maximum Gasteiger partial charge on any atom is 0.0352 e. The van der Waals surface area contributed by atoms with Crippen molar-refractivity contribution in [2.75, 3.05) is 11.5 Å². The molecule has 2 heteroatoms. The maximum atomic E-state index is 6.34. The molecule has 2 aromatic rings. The Kier molecular flexibility index (Phi) is 6.68. The molecule has 126 valence electrons. The minimum absolute atomic E-state index is 0. The lowest BCUT2D eigenvalue weighted by molar-refractivity contribution is 0.680. The number of nitrogen functional groups attached to an aromatic ring is 2. The highest BCUT2D eigenvalue weighted by Gasteiger charge is 2.20. The van der Waals surface area contributed by atoms with Gasteiger partial charge in [-0.25, -0.2) is 0 Å². The highest BCUT2D eigenvalue weighted by atomic mass is 14.6. The quantitative estimate of drug-likeness (QED) is 0.647. The Hall–Kier alpha value is -1.96. The van der Waals surface area contributed by atoms with E-state index in [0.29, 0.717) is 11.8 Å². The van der Waals surface area contributed by atoms with Gasteiger partial charge in [-0.05, 0) is 65.1 Å². The zero-order chi connectivity index (χ0) is 16.3. The molecule has 0 spiro atoms. The predicted molar refractivity (Wildman–Crippen MR) is 105 cm³/mol. The van der Waals surface area contributed by atoms with Crippen LogP contribution in [0.2, 0.25) is 0 Å². The van der Waals surface area contributed by atoms with Crippen LogP contribution in [-0.4, -0.2) is 0 Å². The molecule has 23 heavy (non-hydrogen) atoms. The molecule has 0 aliphatic rings. The summed E-state index contributed by atoms with van der Waals surface area (Å²) in [5.41, 5.74) is 19.1. The largest absolute Gasteiger partial charge is 0.399 e. The van der Waals surface area contributed by atoms with Crippen LogP contribution in [0, 0.1) is 0 Å². The summed E-state index contributed by atoms with van der Waals surface area (Å²) in [4.78, 5) is 0. The lowest BCUT2D eigenvalue weighted by Gasteiger charge is -2.25. The first-order valence-electron chi connectivity index (χ1n) is 8.27. The van der Waals surface area contributed by atoms with Gasteiger partial charge >= 0.3 is 0 Å². The van der Waals surface area contributed by atoms with Gasteiger partial charge in [-0.15, -0.1) is 0 Å². The van der Waals surface area contributed by atoms with Crippen LogP contribution in [0.4, 0.5) is 11.4 Å². The van der Waals surface area contributed by atoms with Gasteiger partial charge in [0, 0.05) is 11.4 Å². The van der Waals surface area contributed by atoms with Crippen LogP contribution in [0.15, 0.2) is 36.4 Å². The van der Waals surface area contributed by atoms with E-state index in [2.05, 4.69) is 52.0 Å². The summed E-state index contributed by atoms with van der Waals surface area (Å²) in [6, 6.07) is 12.4. The Morgan fingerprint density at radius 1 is 0.783 bits per heavy atom. The van der Waals surface area contributed by atoms with E-state index in [4.69, 9.17) is 11.5 Å². The summed E-state index contributed by atoms with van der Waals surface area (Å²) in [6.07, 6.45) is 2.20. The van der Waals surface area contributed by atoms with Crippen LogP contribution in [0.1, 0.15) is 70.9 Å². The lowest BCUT2D eigenvalue weighted by atomic mass is 9.81. The standard InChI is InChI=1S/C20H28N2.CH4/c1-5-13(3)19-17(15-7-9-16(21)10-8-15)11-12-18(22)20(19)14(4)6-2;/h7-14H,5-6,21-22H2,1-4H3;1H4. The van der Waals surface area contributed by atoms with E-state index < -0.39 is 0 Å². The van der Waals surface area contributed by atoms with E-state index in [1.54, 1.807) is 0 Å². The van der Waals surface area contributed by atoms with Crippen LogP contribution in [0.5, 0.6) is 0 Å². The second-order valence-corrected chi connectivity index (χ2v) is 6.27. The van der Waals surface area contributed by atoms with Crippen LogP contribution >= 0.6 is 0 Å². The van der Waals surface area contributed by atoms with Gasteiger partial charge in [-0.1, -0.05) is 53.3 Å². The SMILES string of the molecule is C.CCC(C)c1c(N)ccc(-c2ccc(N)cc2)c1C(C)CC. The predicted octanol–water partition coefficient (Wildman–Crippen LogP) is 6.18. The van der Waals surface area contributed by atoms with E-state index in [9.17, 15) is 0 Å². The average Bonchev–Trinajstić information content (AvgIpc) is 2.54. The molecule has 0 saturated heterocycles. The summed E-state index contributed by atoms with van der Waals surface area (Å²) in [5.74, 6) is 0.956. The van der Waals surface area contributed by atoms with Gasteiger partial charge < -0.3 is 11.5 Å². The molecule has 0 heterocycles. The molecule has 2 atom stereocenters. The van der Waals surface area contributed by atoms with Crippen molar-refractivity contribution in [3.05, 3.63) is 47.5 Å². The number of benzene rings is 2. The fraction of sp³-hybridized carbons (Fsp3) is 0.429. The molecule has 0 fully saturated rings. The van der Waals surface area contributed by atoms with Crippen LogP contribution in [0.3, 0.4) is 0 Å². The van der Waals surface area contributed by atoms with E-state index in [0.717, 1.165) is 24.2 Å².